The molecule has 2 aromatic rings. The van der Waals surface area contributed by atoms with E-state index in [9.17, 15) is 14.7 Å². The lowest BCUT2D eigenvalue weighted by molar-refractivity contribution is 0.0691. The van der Waals surface area contributed by atoms with Gasteiger partial charge in [0.2, 0.25) is 0 Å². The number of benzene rings is 1. The molecule has 0 spiro atoms. The minimum atomic E-state index is -1.42. The summed E-state index contributed by atoms with van der Waals surface area (Å²) in [6.45, 7) is 2.03. The van der Waals surface area contributed by atoms with Gasteiger partial charge in [-0.2, -0.15) is 0 Å². The van der Waals surface area contributed by atoms with Gasteiger partial charge in [-0.1, -0.05) is 30.3 Å². The van der Waals surface area contributed by atoms with E-state index in [-0.39, 0.29) is 0 Å². The van der Waals surface area contributed by atoms with Gasteiger partial charge in [-0.3, -0.25) is 4.79 Å². The van der Waals surface area contributed by atoms with E-state index >= 15 is 0 Å². The van der Waals surface area contributed by atoms with Gasteiger partial charge in [-0.25, -0.2) is 4.79 Å². The summed E-state index contributed by atoms with van der Waals surface area (Å²) >= 11 is 0. The molecule has 0 saturated carbocycles. The van der Waals surface area contributed by atoms with Crippen LogP contribution in [0.25, 0.3) is 0 Å². The van der Waals surface area contributed by atoms with E-state index in [2.05, 4.69) is 0 Å². The van der Waals surface area contributed by atoms with Crippen molar-refractivity contribution in [3.8, 4) is 5.75 Å². The third-order valence-electron chi connectivity index (χ3n) is 3.17. The zero-order valence-corrected chi connectivity index (χ0v) is 11.0. The molecule has 20 heavy (non-hydrogen) atoms. The van der Waals surface area contributed by atoms with Gasteiger partial charge in [0.15, 0.2) is 5.56 Å². The van der Waals surface area contributed by atoms with Gasteiger partial charge in [0.1, 0.15) is 5.75 Å². The highest BCUT2D eigenvalue weighted by atomic mass is 16.4. The molecule has 0 aliphatic carbocycles. The number of carbonyl (C=O) groups is 1. The van der Waals surface area contributed by atoms with Gasteiger partial charge in [0.05, 0.1) is 0 Å². The lowest BCUT2D eigenvalue weighted by Gasteiger charge is -2.12. The molecule has 5 heteroatoms. The van der Waals surface area contributed by atoms with Gasteiger partial charge < -0.3 is 14.8 Å². The largest absolute Gasteiger partial charge is 0.507 e. The summed E-state index contributed by atoms with van der Waals surface area (Å²) in [6, 6.07) is 10.9. The van der Waals surface area contributed by atoms with E-state index in [1.807, 2.05) is 30.3 Å². The number of rotatable bonds is 4. The standard InChI is InChI=1S/C15H15NO4/c1-10-9-12(17)13(15(19)20)14(18)16(10)8-7-11-5-3-2-4-6-11/h2-6,9,17H,7-8H2,1H3,(H,19,20). The maximum atomic E-state index is 12.1. The van der Waals surface area contributed by atoms with Crippen LogP contribution in [0.15, 0.2) is 41.2 Å². The Morgan fingerprint density at radius 2 is 1.90 bits per heavy atom. The molecule has 0 aliphatic rings. The highest BCUT2D eigenvalue weighted by Gasteiger charge is 2.18. The fourth-order valence-corrected chi connectivity index (χ4v) is 2.12. The molecule has 0 unspecified atom stereocenters. The first-order valence-corrected chi connectivity index (χ1v) is 6.21. The lowest BCUT2D eigenvalue weighted by Crippen LogP contribution is -2.28. The maximum Gasteiger partial charge on any atom is 0.345 e. The second-order valence-electron chi connectivity index (χ2n) is 4.54. The second kappa shape index (κ2) is 5.61. The van der Waals surface area contributed by atoms with E-state index in [0.29, 0.717) is 18.7 Å². The molecule has 2 N–H and O–H groups in total. The lowest BCUT2D eigenvalue weighted by atomic mass is 10.1. The average Bonchev–Trinajstić information content (AvgIpc) is 2.38. The molecule has 5 nitrogen and oxygen atoms in total. The molecule has 1 aromatic heterocycles. The van der Waals surface area contributed by atoms with Crippen LogP contribution in [0.3, 0.4) is 0 Å². The number of hydrogen-bond donors (Lipinski definition) is 2. The Hall–Kier alpha value is -2.56. The summed E-state index contributed by atoms with van der Waals surface area (Å²) < 4.78 is 1.37. The first kappa shape index (κ1) is 13.9. The number of pyridine rings is 1. The molecule has 0 bridgehead atoms. The van der Waals surface area contributed by atoms with Crippen LogP contribution in [0.5, 0.6) is 5.75 Å². The Morgan fingerprint density at radius 3 is 2.50 bits per heavy atom. The topological polar surface area (TPSA) is 79.5 Å². The molecule has 2 rings (SSSR count). The third-order valence-corrected chi connectivity index (χ3v) is 3.17. The van der Waals surface area contributed by atoms with Crippen molar-refractivity contribution in [3.63, 3.8) is 0 Å². The van der Waals surface area contributed by atoms with Gasteiger partial charge in [0.25, 0.3) is 5.56 Å². The normalized spacial score (nSPS) is 10.4. The summed E-state index contributed by atoms with van der Waals surface area (Å²) in [4.78, 5) is 23.1. The van der Waals surface area contributed by atoms with Crippen LogP contribution in [0.2, 0.25) is 0 Å². The van der Waals surface area contributed by atoms with Crippen LogP contribution in [-0.2, 0) is 13.0 Å². The van der Waals surface area contributed by atoms with Crippen molar-refractivity contribution in [3.05, 3.63) is 63.6 Å². The van der Waals surface area contributed by atoms with Crippen molar-refractivity contribution < 1.29 is 15.0 Å². The first-order chi connectivity index (χ1) is 9.50. The number of aromatic nitrogens is 1. The van der Waals surface area contributed by atoms with Crippen LogP contribution in [0, 0.1) is 6.92 Å². The van der Waals surface area contributed by atoms with E-state index in [1.165, 1.54) is 10.6 Å². The smallest absolute Gasteiger partial charge is 0.345 e. The molecular formula is C15H15NO4. The monoisotopic (exact) mass is 273 g/mol. The van der Waals surface area contributed by atoms with Crippen molar-refractivity contribution in [1.82, 2.24) is 4.57 Å². The Morgan fingerprint density at radius 1 is 1.25 bits per heavy atom. The van der Waals surface area contributed by atoms with Gasteiger partial charge in [-0.15, -0.1) is 0 Å². The number of aromatic carboxylic acids is 1. The predicted molar refractivity (Wildman–Crippen MR) is 74.2 cm³/mol. The van der Waals surface area contributed by atoms with Crippen LogP contribution >= 0.6 is 0 Å². The van der Waals surface area contributed by atoms with E-state index in [4.69, 9.17) is 5.11 Å². The molecule has 0 aliphatic heterocycles. The Labute approximate surface area is 115 Å². The fourth-order valence-electron chi connectivity index (χ4n) is 2.12. The number of hydrogen-bond acceptors (Lipinski definition) is 3. The minimum Gasteiger partial charge on any atom is -0.507 e. The van der Waals surface area contributed by atoms with Crippen molar-refractivity contribution in [2.75, 3.05) is 0 Å². The Kier molecular flexibility index (Phi) is 3.89. The molecular weight excluding hydrogens is 258 g/mol. The molecule has 1 heterocycles. The Balaban J connectivity index is 2.35. The summed E-state index contributed by atoms with van der Waals surface area (Å²) in [7, 11) is 0. The number of carboxylic acids is 1. The quantitative estimate of drug-likeness (QED) is 0.890. The average molecular weight is 273 g/mol. The third kappa shape index (κ3) is 2.71. The Bertz CT molecular complexity index is 689. The fraction of sp³-hybridized carbons (Fsp3) is 0.200. The van der Waals surface area contributed by atoms with Gasteiger partial charge >= 0.3 is 5.97 Å². The zero-order valence-electron chi connectivity index (χ0n) is 11.0. The molecule has 0 radical (unpaired) electrons. The predicted octanol–water partition coefficient (Wildman–Crippen LogP) is 1.80. The molecule has 0 fully saturated rings. The molecule has 0 atom stereocenters. The number of nitrogens with zero attached hydrogens (tertiary/aromatic N) is 1. The van der Waals surface area contributed by atoms with Crippen molar-refractivity contribution in [1.29, 1.82) is 0 Å². The van der Waals surface area contributed by atoms with E-state index in [1.54, 1.807) is 6.92 Å². The zero-order chi connectivity index (χ0) is 14.7. The summed E-state index contributed by atoms with van der Waals surface area (Å²) in [5.41, 5.74) is 0.340. The van der Waals surface area contributed by atoms with Crippen LogP contribution in [0.1, 0.15) is 21.6 Å². The number of carboxylic acid groups (broad SMARTS) is 1. The highest BCUT2D eigenvalue weighted by Crippen LogP contribution is 2.15. The van der Waals surface area contributed by atoms with E-state index < -0.39 is 22.8 Å². The summed E-state index contributed by atoms with van der Waals surface area (Å²) in [5.74, 6) is -1.91. The van der Waals surface area contributed by atoms with Crippen LogP contribution in [-0.4, -0.2) is 20.7 Å². The number of aromatic hydroxyl groups is 1. The molecule has 0 amide bonds. The highest BCUT2D eigenvalue weighted by molar-refractivity contribution is 5.90. The van der Waals surface area contributed by atoms with Crippen molar-refractivity contribution >= 4 is 5.97 Å². The minimum absolute atomic E-state index is 0.370. The number of aryl methyl sites for hydroxylation is 2. The van der Waals surface area contributed by atoms with Crippen LogP contribution < -0.4 is 5.56 Å². The van der Waals surface area contributed by atoms with Gasteiger partial charge in [0, 0.05) is 18.3 Å². The second-order valence-corrected chi connectivity index (χ2v) is 4.54. The molecule has 1 aromatic carbocycles. The molecule has 0 saturated heterocycles. The first-order valence-electron chi connectivity index (χ1n) is 6.21. The molecule has 104 valence electrons. The van der Waals surface area contributed by atoms with Gasteiger partial charge in [-0.05, 0) is 18.9 Å². The van der Waals surface area contributed by atoms with Crippen molar-refractivity contribution in [2.24, 2.45) is 0 Å². The summed E-state index contributed by atoms with van der Waals surface area (Å²) in [5, 5.41) is 18.5. The maximum absolute atomic E-state index is 12.1. The van der Waals surface area contributed by atoms with Crippen molar-refractivity contribution in [2.45, 2.75) is 19.9 Å². The SMILES string of the molecule is Cc1cc(O)c(C(=O)O)c(=O)n1CCc1ccccc1. The summed E-state index contributed by atoms with van der Waals surface area (Å²) in [6.07, 6.45) is 0.616. The van der Waals surface area contributed by atoms with E-state index in [0.717, 1.165) is 5.56 Å². The van der Waals surface area contributed by atoms with Crippen LogP contribution in [0.4, 0.5) is 0 Å².